The molecule has 0 amide bonds. The molecule has 1 unspecified atom stereocenters. The Bertz CT molecular complexity index is 509. The average molecular weight is 296 g/mol. The number of aliphatic carboxylic acids is 1. The SMILES string of the molecule is COC(=O)c1cc(N2CCSCC2CC(=O)O)ccn1. The van der Waals surface area contributed by atoms with E-state index >= 15 is 0 Å². The molecular weight excluding hydrogens is 280 g/mol. The van der Waals surface area contributed by atoms with Crippen LogP contribution in [0.2, 0.25) is 0 Å². The Morgan fingerprint density at radius 1 is 1.60 bits per heavy atom. The maximum absolute atomic E-state index is 11.5. The molecule has 108 valence electrons. The summed E-state index contributed by atoms with van der Waals surface area (Å²) in [6, 6.07) is 3.37. The van der Waals surface area contributed by atoms with Gasteiger partial charge in [0.05, 0.1) is 13.5 Å². The number of carboxylic acids is 1. The zero-order valence-corrected chi connectivity index (χ0v) is 11.9. The van der Waals surface area contributed by atoms with Crippen molar-refractivity contribution in [2.75, 3.05) is 30.1 Å². The zero-order valence-electron chi connectivity index (χ0n) is 11.1. The van der Waals surface area contributed by atoms with E-state index in [-0.39, 0.29) is 18.2 Å². The van der Waals surface area contributed by atoms with Crippen molar-refractivity contribution in [2.45, 2.75) is 12.5 Å². The molecule has 1 fully saturated rings. The lowest BCUT2D eigenvalue weighted by molar-refractivity contribution is -0.137. The number of carbonyl (C=O) groups excluding carboxylic acids is 1. The number of aromatic nitrogens is 1. The second-order valence-electron chi connectivity index (χ2n) is 4.41. The van der Waals surface area contributed by atoms with Crippen LogP contribution >= 0.6 is 11.8 Å². The van der Waals surface area contributed by atoms with E-state index in [9.17, 15) is 9.59 Å². The average Bonchev–Trinajstić information content (AvgIpc) is 2.46. The van der Waals surface area contributed by atoms with Gasteiger partial charge in [0, 0.05) is 36.0 Å². The van der Waals surface area contributed by atoms with Gasteiger partial charge in [-0.2, -0.15) is 11.8 Å². The standard InChI is InChI=1S/C13H16N2O4S/c1-19-13(18)11-6-9(2-3-14-11)15-4-5-20-8-10(15)7-12(16)17/h2-3,6,10H,4-5,7-8H2,1H3,(H,16,17). The third-order valence-corrected chi connectivity index (χ3v) is 4.20. The van der Waals surface area contributed by atoms with Crippen LogP contribution in [0.4, 0.5) is 5.69 Å². The summed E-state index contributed by atoms with van der Waals surface area (Å²) < 4.78 is 4.65. The number of esters is 1. The normalized spacial score (nSPS) is 18.6. The van der Waals surface area contributed by atoms with E-state index in [1.165, 1.54) is 7.11 Å². The van der Waals surface area contributed by atoms with Gasteiger partial charge in [0.15, 0.2) is 0 Å². The van der Waals surface area contributed by atoms with Crippen molar-refractivity contribution in [2.24, 2.45) is 0 Å². The number of thioether (sulfide) groups is 1. The van der Waals surface area contributed by atoms with Gasteiger partial charge in [-0.25, -0.2) is 9.78 Å². The van der Waals surface area contributed by atoms with Crippen LogP contribution < -0.4 is 4.90 Å². The first-order valence-corrected chi connectivity index (χ1v) is 7.38. The topological polar surface area (TPSA) is 79.7 Å². The fourth-order valence-electron chi connectivity index (χ4n) is 2.18. The summed E-state index contributed by atoms with van der Waals surface area (Å²) in [6.07, 6.45) is 1.63. The summed E-state index contributed by atoms with van der Waals surface area (Å²) in [4.78, 5) is 28.4. The van der Waals surface area contributed by atoms with Gasteiger partial charge in [-0.05, 0) is 12.1 Å². The van der Waals surface area contributed by atoms with E-state index < -0.39 is 11.9 Å². The van der Waals surface area contributed by atoms with Gasteiger partial charge in [-0.1, -0.05) is 0 Å². The molecule has 6 nitrogen and oxygen atoms in total. The lowest BCUT2D eigenvalue weighted by Gasteiger charge is -2.36. The molecule has 20 heavy (non-hydrogen) atoms. The third kappa shape index (κ3) is 3.41. The lowest BCUT2D eigenvalue weighted by Crippen LogP contribution is -2.43. The second-order valence-corrected chi connectivity index (χ2v) is 5.56. The maximum atomic E-state index is 11.5. The Morgan fingerprint density at radius 3 is 3.10 bits per heavy atom. The van der Waals surface area contributed by atoms with Crippen molar-refractivity contribution in [1.82, 2.24) is 4.98 Å². The highest BCUT2D eigenvalue weighted by Crippen LogP contribution is 2.26. The highest BCUT2D eigenvalue weighted by Gasteiger charge is 2.26. The highest BCUT2D eigenvalue weighted by atomic mass is 32.2. The molecule has 1 aromatic heterocycles. The number of methoxy groups -OCH3 is 1. The molecular formula is C13H16N2O4S. The first-order chi connectivity index (χ1) is 9.61. The first-order valence-electron chi connectivity index (χ1n) is 6.22. The Morgan fingerprint density at radius 2 is 2.40 bits per heavy atom. The smallest absolute Gasteiger partial charge is 0.356 e. The molecule has 1 saturated heterocycles. The van der Waals surface area contributed by atoms with Crippen molar-refractivity contribution >= 4 is 29.4 Å². The van der Waals surface area contributed by atoms with Crippen molar-refractivity contribution in [3.63, 3.8) is 0 Å². The molecule has 2 rings (SSSR count). The summed E-state index contributed by atoms with van der Waals surface area (Å²) in [5.74, 6) is 0.395. The predicted molar refractivity (Wildman–Crippen MR) is 76.3 cm³/mol. The monoisotopic (exact) mass is 296 g/mol. The molecule has 1 aromatic rings. The van der Waals surface area contributed by atoms with Gasteiger partial charge in [0.2, 0.25) is 0 Å². The van der Waals surface area contributed by atoms with Gasteiger partial charge in [-0.3, -0.25) is 4.79 Å². The molecule has 1 atom stereocenters. The number of carbonyl (C=O) groups is 2. The number of carboxylic acid groups (broad SMARTS) is 1. The largest absolute Gasteiger partial charge is 0.481 e. The van der Waals surface area contributed by atoms with E-state index in [4.69, 9.17) is 5.11 Å². The summed E-state index contributed by atoms with van der Waals surface area (Å²) in [5.41, 5.74) is 1.05. The van der Waals surface area contributed by atoms with Crippen LogP contribution in [0.3, 0.4) is 0 Å². The van der Waals surface area contributed by atoms with Crippen LogP contribution in [0, 0.1) is 0 Å². The molecule has 0 radical (unpaired) electrons. The fourth-order valence-corrected chi connectivity index (χ4v) is 3.24. The van der Waals surface area contributed by atoms with Crippen LogP contribution in [0.5, 0.6) is 0 Å². The number of hydrogen-bond acceptors (Lipinski definition) is 6. The summed E-state index contributed by atoms with van der Waals surface area (Å²) in [5, 5.41) is 8.99. The van der Waals surface area contributed by atoms with Crippen molar-refractivity contribution in [3.05, 3.63) is 24.0 Å². The molecule has 0 aliphatic carbocycles. The number of anilines is 1. The molecule has 0 spiro atoms. The minimum absolute atomic E-state index is 0.0702. The minimum Gasteiger partial charge on any atom is -0.481 e. The molecule has 0 aromatic carbocycles. The summed E-state index contributed by atoms with van der Waals surface area (Å²) >= 11 is 1.75. The maximum Gasteiger partial charge on any atom is 0.356 e. The van der Waals surface area contributed by atoms with Crippen LogP contribution in [-0.2, 0) is 9.53 Å². The number of rotatable bonds is 4. The van der Waals surface area contributed by atoms with Crippen LogP contribution in [0.25, 0.3) is 0 Å². The Labute approximate surface area is 121 Å². The van der Waals surface area contributed by atoms with Gasteiger partial charge in [-0.15, -0.1) is 0 Å². The lowest BCUT2D eigenvalue weighted by atomic mass is 10.1. The van der Waals surface area contributed by atoms with Crippen molar-refractivity contribution < 1.29 is 19.4 Å². The van der Waals surface area contributed by atoms with Gasteiger partial charge in [0.1, 0.15) is 5.69 Å². The second kappa shape index (κ2) is 6.60. The van der Waals surface area contributed by atoms with Crippen LogP contribution in [-0.4, -0.2) is 53.2 Å². The molecule has 7 heteroatoms. The van der Waals surface area contributed by atoms with Crippen molar-refractivity contribution in [1.29, 1.82) is 0 Å². The summed E-state index contributed by atoms with van der Waals surface area (Å²) in [6.45, 7) is 0.757. The fraction of sp³-hybridized carbons (Fsp3) is 0.462. The van der Waals surface area contributed by atoms with Crippen LogP contribution in [0.15, 0.2) is 18.3 Å². The zero-order chi connectivity index (χ0) is 14.5. The van der Waals surface area contributed by atoms with E-state index in [0.717, 1.165) is 23.7 Å². The quantitative estimate of drug-likeness (QED) is 0.838. The van der Waals surface area contributed by atoms with Gasteiger partial charge >= 0.3 is 11.9 Å². The molecule has 2 heterocycles. The number of hydrogen-bond donors (Lipinski definition) is 1. The molecule has 1 N–H and O–H groups in total. The number of pyridine rings is 1. The number of ether oxygens (including phenoxy) is 1. The first kappa shape index (κ1) is 14.6. The van der Waals surface area contributed by atoms with Crippen molar-refractivity contribution in [3.8, 4) is 0 Å². The van der Waals surface area contributed by atoms with Gasteiger partial charge < -0.3 is 14.7 Å². The Kier molecular flexibility index (Phi) is 4.84. The molecule has 0 saturated carbocycles. The molecule has 1 aliphatic rings. The number of nitrogens with zero attached hydrogens (tertiary/aromatic N) is 2. The molecule has 0 bridgehead atoms. The van der Waals surface area contributed by atoms with E-state index in [2.05, 4.69) is 9.72 Å². The van der Waals surface area contributed by atoms with E-state index in [1.54, 1.807) is 30.1 Å². The van der Waals surface area contributed by atoms with Crippen LogP contribution in [0.1, 0.15) is 16.9 Å². The Hall–Kier alpha value is -1.76. The van der Waals surface area contributed by atoms with E-state index in [0.29, 0.717) is 0 Å². The van der Waals surface area contributed by atoms with E-state index in [1.807, 2.05) is 4.90 Å². The Balaban J connectivity index is 2.23. The minimum atomic E-state index is -0.815. The highest BCUT2D eigenvalue weighted by molar-refractivity contribution is 7.99. The third-order valence-electron chi connectivity index (χ3n) is 3.11. The van der Waals surface area contributed by atoms with Gasteiger partial charge in [0.25, 0.3) is 0 Å². The molecule has 1 aliphatic heterocycles. The predicted octanol–water partition coefficient (Wildman–Crippen LogP) is 1.26. The summed E-state index contributed by atoms with van der Waals surface area (Å²) in [7, 11) is 1.31.